The first-order chi connectivity index (χ1) is 14.0. The number of anilines is 1. The first-order valence-electron chi connectivity index (χ1n) is 8.87. The summed E-state index contributed by atoms with van der Waals surface area (Å²) in [5, 5.41) is 6.48. The van der Waals surface area contributed by atoms with E-state index in [2.05, 4.69) is 10.4 Å². The summed E-state index contributed by atoms with van der Waals surface area (Å²) < 4.78 is 39.6. The molecule has 0 atom stereocenters. The Hall–Kier alpha value is -3.13. The van der Waals surface area contributed by atoms with Crippen molar-refractivity contribution in [2.45, 2.75) is 26.6 Å². The zero-order chi connectivity index (χ0) is 22.1. The van der Waals surface area contributed by atoms with Gasteiger partial charge in [0.2, 0.25) is 5.91 Å². The minimum atomic E-state index is -4.58. The molecule has 0 aliphatic carbocycles. The van der Waals surface area contributed by atoms with E-state index in [1.54, 1.807) is 6.07 Å². The maximum atomic E-state index is 12.9. The minimum Gasteiger partial charge on any atom is -0.323 e. The highest BCUT2D eigenvalue weighted by molar-refractivity contribution is 6.33. The van der Waals surface area contributed by atoms with E-state index in [9.17, 15) is 22.8 Å². The largest absolute Gasteiger partial charge is 0.416 e. The lowest BCUT2D eigenvalue weighted by Crippen LogP contribution is -2.29. The standard InChI is InChI=1S/C21H17ClF3N3O2/c1-12-3-5-15(13(2)9-12)17-7-8-20(30)28(27-17)11-19(29)26-18-10-14(21(23,24)25)4-6-16(18)22/h3-10H,11H2,1-2H3,(H,26,29). The lowest BCUT2D eigenvalue weighted by molar-refractivity contribution is -0.137. The van der Waals surface area contributed by atoms with Crippen LogP contribution in [-0.4, -0.2) is 15.7 Å². The number of benzene rings is 2. The van der Waals surface area contributed by atoms with Gasteiger partial charge in [0, 0.05) is 11.6 Å². The first-order valence-corrected chi connectivity index (χ1v) is 9.25. The number of halogens is 4. The van der Waals surface area contributed by atoms with Crippen LogP contribution in [0.15, 0.2) is 53.3 Å². The van der Waals surface area contributed by atoms with Crippen LogP contribution in [0.5, 0.6) is 0 Å². The molecule has 0 aliphatic heterocycles. The zero-order valence-corrected chi connectivity index (χ0v) is 16.8. The predicted octanol–water partition coefficient (Wildman–Crippen LogP) is 4.84. The number of carbonyl (C=O) groups excluding carboxylic acids is 1. The lowest BCUT2D eigenvalue weighted by atomic mass is 10.0. The highest BCUT2D eigenvalue weighted by Gasteiger charge is 2.31. The van der Waals surface area contributed by atoms with Crippen LogP contribution in [0.4, 0.5) is 18.9 Å². The van der Waals surface area contributed by atoms with Gasteiger partial charge in [-0.15, -0.1) is 0 Å². The summed E-state index contributed by atoms with van der Waals surface area (Å²) in [6.45, 7) is 3.38. The van der Waals surface area contributed by atoms with Gasteiger partial charge < -0.3 is 5.32 Å². The topological polar surface area (TPSA) is 64.0 Å². The molecule has 156 valence electrons. The Kier molecular flexibility index (Phi) is 5.98. The Labute approximate surface area is 175 Å². The molecule has 1 aromatic heterocycles. The van der Waals surface area contributed by atoms with Crippen LogP contribution in [0.2, 0.25) is 5.02 Å². The summed E-state index contributed by atoms with van der Waals surface area (Å²) in [6, 6.07) is 11.2. The SMILES string of the molecule is Cc1ccc(-c2ccc(=O)n(CC(=O)Nc3cc(C(F)(F)F)ccc3Cl)n2)c(C)c1. The number of alkyl halides is 3. The Bertz CT molecular complexity index is 1170. The second kappa shape index (κ2) is 8.31. The van der Waals surface area contributed by atoms with E-state index in [1.165, 1.54) is 6.07 Å². The van der Waals surface area contributed by atoms with Crippen molar-refractivity contribution in [1.82, 2.24) is 9.78 Å². The summed E-state index contributed by atoms with van der Waals surface area (Å²) in [6.07, 6.45) is -4.58. The second-order valence-electron chi connectivity index (χ2n) is 6.77. The third-order valence-electron chi connectivity index (χ3n) is 4.39. The van der Waals surface area contributed by atoms with Gasteiger partial charge in [-0.3, -0.25) is 9.59 Å². The average molecular weight is 436 g/mol. The molecule has 0 radical (unpaired) electrons. The molecule has 0 saturated carbocycles. The van der Waals surface area contributed by atoms with Crippen LogP contribution in [0.3, 0.4) is 0 Å². The van der Waals surface area contributed by atoms with Crippen molar-refractivity contribution in [3.63, 3.8) is 0 Å². The second-order valence-corrected chi connectivity index (χ2v) is 7.18. The van der Waals surface area contributed by atoms with Crippen molar-refractivity contribution in [3.05, 3.63) is 80.6 Å². The molecular weight excluding hydrogens is 419 g/mol. The molecule has 0 saturated heterocycles. The highest BCUT2D eigenvalue weighted by atomic mass is 35.5. The first kappa shape index (κ1) is 21.6. The number of amides is 1. The number of nitrogens with zero attached hydrogens (tertiary/aromatic N) is 2. The van der Waals surface area contributed by atoms with Crippen LogP contribution >= 0.6 is 11.6 Å². The van der Waals surface area contributed by atoms with E-state index in [1.807, 2.05) is 32.0 Å². The summed E-state index contributed by atoms with van der Waals surface area (Å²) in [4.78, 5) is 24.5. The molecule has 0 spiro atoms. The van der Waals surface area contributed by atoms with E-state index < -0.39 is 29.8 Å². The minimum absolute atomic E-state index is 0.0549. The molecule has 3 rings (SSSR count). The van der Waals surface area contributed by atoms with Gasteiger partial charge in [0.1, 0.15) is 6.54 Å². The molecule has 0 bridgehead atoms. The van der Waals surface area contributed by atoms with Crippen molar-refractivity contribution >= 4 is 23.2 Å². The summed E-state index contributed by atoms with van der Waals surface area (Å²) in [7, 11) is 0. The van der Waals surface area contributed by atoms with Crippen molar-refractivity contribution < 1.29 is 18.0 Å². The summed E-state index contributed by atoms with van der Waals surface area (Å²) >= 11 is 5.89. The van der Waals surface area contributed by atoms with Crippen LogP contribution < -0.4 is 10.9 Å². The van der Waals surface area contributed by atoms with Crippen LogP contribution in [-0.2, 0) is 17.5 Å². The number of rotatable bonds is 4. The van der Waals surface area contributed by atoms with Crippen molar-refractivity contribution in [2.75, 3.05) is 5.32 Å². The third-order valence-corrected chi connectivity index (χ3v) is 4.72. The molecule has 2 aromatic carbocycles. The highest BCUT2D eigenvalue weighted by Crippen LogP contribution is 2.33. The Morgan fingerprint density at radius 2 is 1.83 bits per heavy atom. The molecule has 1 N–H and O–H groups in total. The van der Waals surface area contributed by atoms with Crippen molar-refractivity contribution in [1.29, 1.82) is 0 Å². The number of hydrogen-bond acceptors (Lipinski definition) is 3. The molecule has 0 aliphatic rings. The molecular formula is C21H17ClF3N3O2. The fourth-order valence-electron chi connectivity index (χ4n) is 2.93. The third kappa shape index (κ3) is 4.88. The maximum absolute atomic E-state index is 12.9. The van der Waals surface area contributed by atoms with Crippen LogP contribution in [0.1, 0.15) is 16.7 Å². The lowest BCUT2D eigenvalue weighted by Gasteiger charge is -2.12. The Balaban J connectivity index is 1.85. The Morgan fingerprint density at radius 1 is 1.10 bits per heavy atom. The number of carbonyl (C=O) groups is 1. The van der Waals surface area contributed by atoms with E-state index in [0.717, 1.165) is 39.6 Å². The molecule has 0 unspecified atom stereocenters. The number of aromatic nitrogens is 2. The molecule has 0 fully saturated rings. The van der Waals surface area contributed by atoms with Gasteiger partial charge >= 0.3 is 6.18 Å². The quantitative estimate of drug-likeness (QED) is 0.638. The smallest absolute Gasteiger partial charge is 0.323 e. The average Bonchev–Trinajstić information content (AvgIpc) is 2.64. The van der Waals surface area contributed by atoms with Gasteiger partial charge in [0.15, 0.2) is 0 Å². The monoisotopic (exact) mass is 435 g/mol. The predicted molar refractivity (Wildman–Crippen MR) is 108 cm³/mol. The molecule has 1 heterocycles. The molecule has 9 heteroatoms. The van der Waals surface area contributed by atoms with Gasteiger partial charge in [0.05, 0.1) is 22.0 Å². The van der Waals surface area contributed by atoms with Crippen molar-refractivity contribution in [2.24, 2.45) is 0 Å². The number of nitrogens with one attached hydrogen (secondary N) is 1. The normalized spacial score (nSPS) is 11.4. The number of aryl methyl sites for hydroxylation is 2. The van der Waals surface area contributed by atoms with Gasteiger partial charge in [-0.25, -0.2) is 4.68 Å². The van der Waals surface area contributed by atoms with E-state index >= 15 is 0 Å². The zero-order valence-electron chi connectivity index (χ0n) is 16.0. The van der Waals surface area contributed by atoms with E-state index in [0.29, 0.717) is 5.69 Å². The molecule has 5 nitrogen and oxygen atoms in total. The van der Waals surface area contributed by atoms with Gasteiger partial charge in [-0.05, 0) is 43.7 Å². The fraction of sp³-hybridized carbons (Fsp3) is 0.190. The fourth-order valence-corrected chi connectivity index (χ4v) is 3.09. The Morgan fingerprint density at radius 3 is 2.50 bits per heavy atom. The molecule has 1 amide bonds. The molecule has 3 aromatic rings. The number of hydrogen-bond donors (Lipinski definition) is 1. The summed E-state index contributed by atoms with van der Waals surface area (Å²) in [5.41, 5.74) is 1.65. The van der Waals surface area contributed by atoms with Gasteiger partial charge in [-0.2, -0.15) is 18.3 Å². The summed E-state index contributed by atoms with van der Waals surface area (Å²) in [5.74, 6) is -0.733. The van der Waals surface area contributed by atoms with Crippen molar-refractivity contribution in [3.8, 4) is 11.3 Å². The van der Waals surface area contributed by atoms with Crippen LogP contribution in [0.25, 0.3) is 11.3 Å². The van der Waals surface area contributed by atoms with Crippen LogP contribution in [0, 0.1) is 13.8 Å². The molecule has 30 heavy (non-hydrogen) atoms. The van der Waals surface area contributed by atoms with Gasteiger partial charge in [0.25, 0.3) is 5.56 Å². The maximum Gasteiger partial charge on any atom is 0.416 e. The van der Waals surface area contributed by atoms with E-state index in [4.69, 9.17) is 11.6 Å². The van der Waals surface area contributed by atoms with E-state index in [-0.39, 0.29) is 10.7 Å². The van der Waals surface area contributed by atoms with Gasteiger partial charge in [-0.1, -0.05) is 35.4 Å².